The Kier molecular flexibility index (Phi) is 4.37. The largest absolute Gasteiger partial charge is 0.352 e. The average Bonchev–Trinajstić information content (AvgIpc) is 2.84. The molecule has 1 amide bonds. The van der Waals surface area contributed by atoms with Gasteiger partial charge in [0.05, 0.1) is 0 Å². The number of rotatable bonds is 4. The summed E-state index contributed by atoms with van der Waals surface area (Å²) in [4.78, 5) is 12.0. The van der Waals surface area contributed by atoms with E-state index in [4.69, 9.17) is 5.73 Å². The number of nitrogens with one attached hydrogen (secondary N) is 1. The molecular formula is C15H22N2O. The van der Waals surface area contributed by atoms with E-state index in [1.165, 1.54) is 24.8 Å². The maximum Gasteiger partial charge on any atom is 0.251 e. The summed E-state index contributed by atoms with van der Waals surface area (Å²) < 4.78 is 0. The van der Waals surface area contributed by atoms with Gasteiger partial charge in [-0.15, -0.1) is 0 Å². The molecule has 3 heteroatoms. The van der Waals surface area contributed by atoms with Crippen molar-refractivity contribution in [1.29, 1.82) is 0 Å². The van der Waals surface area contributed by atoms with E-state index in [9.17, 15) is 4.79 Å². The first-order valence-corrected chi connectivity index (χ1v) is 6.75. The van der Waals surface area contributed by atoms with Crippen molar-refractivity contribution in [2.24, 2.45) is 17.6 Å². The number of hydrogen-bond donors (Lipinski definition) is 2. The van der Waals surface area contributed by atoms with E-state index < -0.39 is 0 Å². The number of benzene rings is 1. The summed E-state index contributed by atoms with van der Waals surface area (Å²) in [5.41, 5.74) is 7.66. The Bertz CT molecular complexity index is 399. The molecular weight excluding hydrogens is 224 g/mol. The minimum absolute atomic E-state index is 0.0256. The molecule has 1 saturated carbocycles. The Labute approximate surface area is 109 Å². The molecule has 98 valence electrons. The highest BCUT2D eigenvalue weighted by molar-refractivity contribution is 5.94. The Morgan fingerprint density at radius 1 is 1.28 bits per heavy atom. The lowest BCUT2D eigenvalue weighted by atomic mass is 9.96. The van der Waals surface area contributed by atoms with Gasteiger partial charge in [-0.05, 0) is 50.3 Å². The smallest absolute Gasteiger partial charge is 0.251 e. The van der Waals surface area contributed by atoms with Gasteiger partial charge >= 0.3 is 0 Å². The molecule has 2 rings (SSSR count). The Morgan fingerprint density at radius 3 is 2.61 bits per heavy atom. The minimum atomic E-state index is 0.0256. The van der Waals surface area contributed by atoms with Crippen LogP contribution >= 0.6 is 0 Å². The molecule has 3 nitrogen and oxygen atoms in total. The van der Waals surface area contributed by atoms with Crippen LogP contribution in [0.5, 0.6) is 0 Å². The summed E-state index contributed by atoms with van der Waals surface area (Å²) in [7, 11) is 0. The van der Waals surface area contributed by atoms with Crippen LogP contribution in [0.2, 0.25) is 0 Å². The Balaban J connectivity index is 1.86. The van der Waals surface area contributed by atoms with E-state index in [0.717, 1.165) is 18.7 Å². The predicted octanol–water partition coefficient (Wildman–Crippen LogP) is 2.10. The molecule has 1 aromatic rings. The fourth-order valence-electron chi connectivity index (χ4n) is 2.72. The minimum Gasteiger partial charge on any atom is -0.352 e. The first kappa shape index (κ1) is 13.1. The van der Waals surface area contributed by atoms with Crippen molar-refractivity contribution in [2.75, 3.05) is 13.1 Å². The average molecular weight is 246 g/mol. The van der Waals surface area contributed by atoms with Gasteiger partial charge < -0.3 is 11.1 Å². The summed E-state index contributed by atoms with van der Waals surface area (Å²) in [6.07, 6.45) is 3.64. The zero-order valence-electron chi connectivity index (χ0n) is 11.0. The van der Waals surface area contributed by atoms with Crippen LogP contribution in [0.1, 0.15) is 35.2 Å². The van der Waals surface area contributed by atoms with Crippen LogP contribution in [0.3, 0.4) is 0 Å². The molecule has 0 heterocycles. The molecule has 0 radical (unpaired) electrons. The number of nitrogens with two attached hydrogens (primary N) is 1. The van der Waals surface area contributed by atoms with Crippen LogP contribution in [0.25, 0.3) is 0 Å². The van der Waals surface area contributed by atoms with Gasteiger partial charge in [0.1, 0.15) is 0 Å². The fraction of sp³-hybridized carbons (Fsp3) is 0.533. The third-order valence-electron chi connectivity index (χ3n) is 3.96. The van der Waals surface area contributed by atoms with Gasteiger partial charge in [0, 0.05) is 12.1 Å². The molecule has 0 aromatic heterocycles. The number of hydrogen-bond acceptors (Lipinski definition) is 2. The topological polar surface area (TPSA) is 55.1 Å². The molecule has 2 atom stereocenters. The highest BCUT2D eigenvalue weighted by Crippen LogP contribution is 2.30. The zero-order valence-corrected chi connectivity index (χ0v) is 11.0. The van der Waals surface area contributed by atoms with Gasteiger partial charge in [0.15, 0.2) is 0 Å². The number of amides is 1. The van der Waals surface area contributed by atoms with Gasteiger partial charge in [0.2, 0.25) is 0 Å². The number of aryl methyl sites for hydroxylation is 1. The first-order chi connectivity index (χ1) is 8.70. The highest BCUT2D eigenvalue weighted by Gasteiger charge is 2.26. The molecule has 1 aromatic carbocycles. The van der Waals surface area contributed by atoms with E-state index >= 15 is 0 Å². The lowest BCUT2D eigenvalue weighted by Crippen LogP contribution is -2.32. The molecule has 18 heavy (non-hydrogen) atoms. The summed E-state index contributed by atoms with van der Waals surface area (Å²) in [6, 6.07) is 7.68. The maximum absolute atomic E-state index is 12.0. The van der Waals surface area contributed by atoms with E-state index in [2.05, 4.69) is 5.32 Å². The van der Waals surface area contributed by atoms with Crippen molar-refractivity contribution in [3.63, 3.8) is 0 Å². The van der Waals surface area contributed by atoms with Gasteiger partial charge in [-0.1, -0.05) is 24.1 Å². The second-order valence-electron chi connectivity index (χ2n) is 5.26. The lowest BCUT2D eigenvalue weighted by molar-refractivity contribution is 0.0944. The van der Waals surface area contributed by atoms with Crippen LogP contribution in [0.4, 0.5) is 0 Å². The van der Waals surface area contributed by atoms with Crippen LogP contribution in [0, 0.1) is 18.8 Å². The second kappa shape index (κ2) is 6.01. The van der Waals surface area contributed by atoms with Gasteiger partial charge in [0.25, 0.3) is 5.91 Å². The highest BCUT2D eigenvalue weighted by atomic mass is 16.1. The summed E-state index contributed by atoms with van der Waals surface area (Å²) in [5, 5.41) is 3.03. The predicted molar refractivity (Wildman–Crippen MR) is 73.4 cm³/mol. The standard InChI is InChI=1S/C15H22N2O/c1-11-5-7-12(8-6-11)15(18)17-10-14-4-2-3-13(14)9-16/h5-8,13-14H,2-4,9-10,16H2,1H3,(H,17,18). The van der Waals surface area contributed by atoms with Crippen molar-refractivity contribution in [1.82, 2.24) is 5.32 Å². The molecule has 0 saturated heterocycles. The molecule has 1 fully saturated rings. The van der Waals surface area contributed by atoms with Gasteiger partial charge in [-0.25, -0.2) is 0 Å². The van der Waals surface area contributed by atoms with Crippen molar-refractivity contribution < 1.29 is 4.79 Å². The maximum atomic E-state index is 12.0. The molecule has 1 aliphatic rings. The summed E-state index contributed by atoms with van der Waals surface area (Å²) >= 11 is 0. The van der Waals surface area contributed by atoms with E-state index in [-0.39, 0.29) is 5.91 Å². The molecule has 0 bridgehead atoms. The molecule has 2 unspecified atom stereocenters. The van der Waals surface area contributed by atoms with Crippen molar-refractivity contribution >= 4 is 5.91 Å². The second-order valence-corrected chi connectivity index (χ2v) is 5.26. The number of carbonyl (C=O) groups is 1. The molecule has 3 N–H and O–H groups in total. The van der Waals surface area contributed by atoms with Crippen LogP contribution in [-0.4, -0.2) is 19.0 Å². The monoisotopic (exact) mass is 246 g/mol. The van der Waals surface area contributed by atoms with E-state index in [0.29, 0.717) is 11.8 Å². The van der Waals surface area contributed by atoms with Crippen LogP contribution < -0.4 is 11.1 Å². The third-order valence-corrected chi connectivity index (χ3v) is 3.96. The van der Waals surface area contributed by atoms with Gasteiger partial charge in [-0.3, -0.25) is 4.79 Å². The summed E-state index contributed by atoms with van der Waals surface area (Å²) in [6.45, 7) is 3.52. The van der Waals surface area contributed by atoms with Crippen molar-refractivity contribution in [3.8, 4) is 0 Å². The number of carbonyl (C=O) groups excluding carboxylic acids is 1. The quantitative estimate of drug-likeness (QED) is 0.854. The van der Waals surface area contributed by atoms with Gasteiger partial charge in [-0.2, -0.15) is 0 Å². The molecule has 0 aliphatic heterocycles. The Hall–Kier alpha value is -1.35. The van der Waals surface area contributed by atoms with Crippen LogP contribution in [0.15, 0.2) is 24.3 Å². The Morgan fingerprint density at radius 2 is 1.94 bits per heavy atom. The molecule has 1 aliphatic carbocycles. The normalized spacial score (nSPS) is 23.0. The van der Waals surface area contributed by atoms with Crippen molar-refractivity contribution in [3.05, 3.63) is 35.4 Å². The third kappa shape index (κ3) is 3.10. The van der Waals surface area contributed by atoms with Crippen LogP contribution in [-0.2, 0) is 0 Å². The van der Waals surface area contributed by atoms with Crippen molar-refractivity contribution in [2.45, 2.75) is 26.2 Å². The summed E-state index contributed by atoms with van der Waals surface area (Å²) in [5.74, 6) is 1.17. The fourth-order valence-corrected chi connectivity index (χ4v) is 2.72. The first-order valence-electron chi connectivity index (χ1n) is 6.75. The van der Waals surface area contributed by atoms with E-state index in [1.54, 1.807) is 0 Å². The SMILES string of the molecule is Cc1ccc(C(=O)NCC2CCCC2CN)cc1. The lowest BCUT2D eigenvalue weighted by Gasteiger charge is -2.18. The zero-order chi connectivity index (χ0) is 13.0. The van der Waals surface area contributed by atoms with E-state index in [1.807, 2.05) is 31.2 Å². The molecule has 0 spiro atoms.